The minimum absolute atomic E-state index is 0.166. The third-order valence-corrected chi connectivity index (χ3v) is 5.62. The molecule has 0 aliphatic carbocycles. The van der Waals surface area contributed by atoms with Crippen LogP contribution in [-0.2, 0) is 11.3 Å². The van der Waals surface area contributed by atoms with Gasteiger partial charge < -0.3 is 15.4 Å². The van der Waals surface area contributed by atoms with E-state index in [-0.39, 0.29) is 11.9 Å². The standard InChI is InChI=1S/C24H33FN4O/c1-18-5-4-6-19(15-18)17-29-13-11-22(12-14-29)28-24(26-2)27-16-23(30-3)20-7-9-21(25)10-8-20/h4-10,15,22-23H,11-14,16-17H2,1-3H3,(H2,26,27,28). The van der Waals surface area contributed by atoms with Crippen molar-refractivity contribution in [2.45, 2.75) is 38.5 Å². The second-order valence-corrected chi connectivity index (χ2v) is 7.91. The number of rotatable bonds is 7. The molecule has 1 heterocycles. The fraction of sp³-hybridized carbons (Fsp3) is 0.458. The number of ether oxygens (including phenoxy) is 1. The Morgan fingerprint density at radius 1 is 1.20 bits per heavy atom. The Labute approximate surface area is 179 Å². The van der Waals surface area contributed by atoms with Gasteiger partial charge in [0.15, 0.2) is 5.96 Å². The first-order valence-corrected chi connectivity index (χ1v) is 10.6. The number of halogens is 1. The molecule has 1 unspecified atom stereocenters. The number of guanidine groups is 1. The molecule has 2 N–H and O–H groups in total. The number of aryl methyl sites for hydroxylation is 1. The number of piperidine rings is 1. The molecule has 1 fully saturated rings. The zero-order chi connectivity index (χ0) is 21.3. The Bertz CT molecular complexity index is 816. The van der Waals surface area contributed by atoms with Crippen molar-refractivity contribution >= 4 is 5.96 Å². The van der Waals surface area contributed by atoms with Crippen LogP contribution in [0.4, 0.5) is 4.39 Å². The molecule has 0 radical (unpaired) electrons. The van der Waals surface area contributed by atoms with Crippen molar-refractivity contribution in [2.24, 2.45) is 4.99 Å². The van der Waals surface area contributed by atoms with Crippen LogP contribution in [-0.4, -0.2) is 50.7 Å². The normalized spacial score (nSPS) is 17.0. The van der Waals surface area contributed by atoms with Crippen molar-refractivity contribution < 1.29 is 9.13 Å². The molecular formula is C24H33FN4O. The Kier molecular flexibility index (Phi) is 8.22. The maximum atomic E-state index is 13.2. The van der Waals surface area contributed by atoms with E-state index < -0.39 is 0 Å². The summed E-state index contributed by atoms with van der Waals surface area (Å²) in [4.78, 5) is 6.87. The third kappa shape index (κ3) is 6.54. The van der Waals surface area contributed by atoms with Crippen LogP contribution < -0.4 is 10.6 Å². The molecule has 0 spiro atoms. The molecule has 1 atom stereocenters. The highest BCUT2D eigenvalue weighted by atomic mass is 19.1. The predicted octanol–water partition coefficient (Wildman–Crippen LogP) is 3.65. The van der Waals surface area contributed by atoms with Crippen molar-refractivity contribution in [3.05, 3.63) is 71.0 Å². The molecule has 2 aromatic rings. The van der Waals surface area contributed by atoms with Gasteiger partial charge in [0.2, 0.25) is 0 Å². The monoisotopic (exact) mass is 412 g/mol. The Balaban J connectivity index is 1.44. The summed E-state index contributed by atoms with van der Waals surface area (Å²) in [6.45, 7) is 5.85. The number of hydrogen-bond acceptors (Lipinski definition) is 3. The van der Waals surface area contributed by atoms with E-state index in [4.69, 9.17) is 4.74 Å². The van der Waals surface area contributed by atoms with Crippen LogP contribution in [0.5, 0.6) is 0 Å². The molecule has 5 nitrogen and oxygen atoms in total. The third-order valence-electron chi connectivity index (χ3n) is 5.62. The topological polar surface area (TPSA) is 48.9 Å². The summed E-state index contributed by atoms with van der Waals surface area (Å²) < 4.78 is 18.7. The predicted molar refractivity (Wildman–Crippen MR) is 120 cm³/mol. The molecule has 1 aliphatic heterocycles. The van der Waals surface area contributed by atoms with Crippen molar-refractivity contribution in [3.63, 3.8) is 0 Å². The number of benzene rings is 2. The van der Waals surface area contributed by atoms with Crippen LogP contribution in [0.25, 0.3) is 0 Å². The van der Waals surface area contributed by atoms with E-state index >= 15 is 0 Å². The van der Waals surface area contributed by atoms with Crippen LogP contribution in [0.3, 0.4) is 0 Å². The highest BCUT2D eigenvalue weighted by molar-refractivity contribution is 5.80. The molecule has 2 aromatic carbocycles. The maximum Gasteiger partial charge on any atom is 0.191 e. The van der Waals surface area contributed by atoms with Gasteiger partial charge in [-0.3, -0.25) is 9.89 Å². The lowest BCUT2D eigenvalue weighted by molar-refractivity contribution is 0.106. The van der Waals surface area contributed by atoms with E-state index in [2.05, 4.69) is 51.7 Å². The quantitative estimate of drug-likeness (QED) is 0.538. The summed E-state index contributed by atoms with van der Waals surface area (Å²) in [5.74, 6) is 0.532. The van der Waals surface area contributed by atoms with Gasteiger partial charge in [-0.1, -0.05) is 42.0 Å². The fourth-order valence-corrected chi connectivity index (χ4v) is 3.90. The summed E-state index contributed by atoms with van der Waals surface area (Å²) in [6, 6.07) is 15.6. The highest BCUT2D eigenvalue weighted by Gasteiger charge is 2.20. The molecule has 6 heteroatoms. The van der Waals surface area contributed by atoms with E-state index in [1.807, 2.05) is 0 Å². The molecule has 0 saturated carbocycles. The smallest absolute Gasteiger partial charge is 0.191 e. The van der Waals surface area contributed by atoms with Gasteiger partial charge in [-0.15, -0.1) is 0 Å². The number of nitrogens with zero attached hydrogens (tertiary/aromatic N) is 2. The second kappa shape index (κ2) is 11.1. The van der Waals surface area contributed by atoms with Crippen LogP contribution in [0, 0.1) is 12.7 Å². The molecule has 1 aliphatic rings. The van der Waals surface area contributed by atoms with Crippen molar-refractivity contribution in [2.75, 3.05) is 33.8 Å². The first-order chi connectivity index (χ1) is 14.6. The van der Waals surface area contributed by atoms with E-state index in [0.29, 0.717) is 12.6 Å². The van der Waals surface area contributed by atoms with E-state index in [0.717, 1.165) is 44.0 Å². The van der Waals surface area contributed by atoms with Crippen molar-refractivity contribution in [3.8, 4) is 0 Å². The Morgan fingerprint density at radius 3 is 2.57 bits per heavy atom. The number of nitrogens with one attached hydrogen (secondary N) is 2. The van der Waals surface area contributed by atoms with Crippen LogP contribution >= 0.6 is 0 Å². The SMILES string of the molecule is CN=C(NCC(OC)c1ccc(F)cc1)NC1CCN(Cc2cccc(C)c2)CC1. The molecule has 3 rings (SSSR count). The molecule has 1 saturated heterocycles. The molecule has 0 aromatic heterocycles. The number of methoxy groups -OCH3 is 1. The van der Waals surface area contributed by atoms with Gasteiger partial charge in [0.25, 0.3) is 0 Å². The largest absolute Gasteiger partial charge is 0.375 e. The van der Waals surface area contributed by atoms with Crippen LogP contribution in [0.1, 0.15) is 35.6 Å². The van der Waals surface area contributed by atoms with Gasteiger partial charge >= 0.3 is 0 Å². The van der Waals surface area contributed by atoms with Gasteiger partial charge in [-0.05, 0) is 43.0 Å². The maximum absolute atomic E-state index is 13.2. The summed E-state index contributed by atoms with van der Waals surface area (Å²) in [6.07, 6.45) is 2.00. The van der Waals surface area contributed by atoms with Gasteiger partial charge in [0, 0.05) is 46.4 Å². The second-order valence-electron chi connectivity index (χ2n) is 7.91. The summed E-state index contributed by atoms with van der Waals surface area (Å²) >= 11 is 0. The summed E-state index contributed by atoms with van der Waals surface area (Å²) in [5.41, 5.74) is 3.63. The van der Waals surface area contributed by atoms with E-state index in [1.54, 1.807) is 26.3 Å². The highest BCUT2D eigenvalue weighted by Crippen LogP contribution is 2.17. The Hall–Kier alpha value is -2.44. The van der Waals surface area contributed by atoms with Crippen molar-refractivity contribution in [1.29, 1.82) is 0 Å². The molecule has 162 valence electrons. The lowest BCUT2D eigenvalue weighted by Crippen LogP contribution is -2.49. The lowest BCUT2D eigenvalue weighted by Gasteiger charge is -2.33. The van der Waals surface area contributed by atoms with Gasteiger partial charge in [-0.25, -0.2) is 4.39 Å². The van der Waals surface area contributed by atoms with Crippen molar-refractivity contribution in [1.82, 2.24) is 15.5 Å². The minimum atomic E-state index is -0.243. The molecule has 0 bridgehead atoms. The fourth-order valence-electron chi connectivity index (χ4n) is 3.90. The van der Waals surface area contributed by atoms with Gasteiger partial charge in [0.05, 0.1) is 6.10 Å². The zero-order valence-electron chi connectivity index (χ0n) is 18.2. The molecule has 0 amide bonds. The van der Waals surface area contributed by atoms with Crippen LogP contribution in [0.2, 0.25) is 0 Å². The van der Waals surface area contributed by atoms with Gasteiger partial charge in [0.1, 0.15) is 5.82 Å². The molecular weight excluding hydrogens is 379 g/mol. The Morgan fingerprint density at radius 2 is 1.93 bits per heavy atom. The number of aliphatic imine (C=N–C) groups is 1. The number of likely N-dealkylation sites (tertiary alicyclic amines) is 1. The summed E-state index contributed by atoms with van der Waals surface area (Å²) in [5, 5.41) is 6.88. The first-order valence-electron chi connectivity index (χ1n) is 10.6. The van der Waals surface area contributed by atoms with Crippen LogP contribution in [0.15, 0.2) is 53.5 Å². The average Bonchev–Trinajstić information content (AvgIpc) is 2.75. The minimum Gasteiger partial charge on any atom is -0.375 e. The van der Waals surface area contributed by atoms with Gasteiger partial charge in [-0.2, -0.15) is 0 Å². The summed E-state index contributed by atoms with van der Waals surface area (Å²) in [7, 11) is 3.44. The van der Waals surface area contributed by atoms with E-state index in [1.165, 1.54) is 23.3 Å². The lowest BCUT2D eigenvalue weighted by atomic mass is 10.0. The average molecular weight is 413 g/mol. The number of hydrogen-bond donors (Lipinski definition) is 2. The van der Waals surface area contributed by atoms with E-state index in [9.17, 15) is 4.39 Å². The molecule has 30 heavy (non-hydrogen) atoms. The zero-order valence-corrected chi connectivity index (χ0v) is 18.2. The first kappa shape index (κ1) is 22.2.